The first-order valence-corrected chi connectivity index (χ1v) is 7.73. The van der Waals surface area contributed by atoms with Gasteiger partial charge < -0.3 is 0 Å². The van der Waals surface area contributed by atoms with E-state index in [9.17, 15) is 0 Å². The largest absolute Gasteiger partial charge is 0.290 e. The van der Waals surface area contributed by atoms with Gasteiger partial charge in [0.15, 0.2) is 0 Å². The molecule has 0 N–H and O–H groups in total. The molecule has 0 spiro atoms. The second-order valence-corrected chi connectivity index (χ2v) is 6.73. The molecule has 0 aliphatic heterocycles. The Morgan fingerprint density at radius 1 is 0.783 bits per heavy atom. The molecule has 0 radical (unpaired) electrons. The van der Waals surface area contributed by atoms with E-state index in [0.29, 0.717) is 0 Å². The quantitative estimate of drug-likeness (QED) is 0.527. The van der Waals surface area contributed by atoms with Gasteiger partial charge >= 0.3 is 0 Å². The molecule has 4 aromatic heterocycles. The molecule has 23 heavy (non-hydrogen) atoms. The number of rotatable bonds is 1. The third-order valence-corrected chi connectivity index (χ3v) is 4.12. The van der Waals surface area contributed by atoms with Crippen LogP contribution >= 0.6 is 0 Å². The number of aromatic nitrogens is 4. The molecular formula is C19H18N4. The molecule has 0 amide bonds. The average Bonchev–Trinajstić information content (AvgIpc) is 2.89. The summed E-state index contributed by atoms with van der Waals surface area (Å²) in [5.74, 6) is 0.888. The lowest BCUT2D eigenvalue weighted by Crippen LogP contribution is -2.11. The van der Waals surface area contributed by atoms with Crippen molar-refractivity contribution < 1.29 is 0 Å². The van der Waals surface area contributed by atoms with Crippen LogP contribution in [0.4, 0.5) is 0 Å². The highest BCUT2D eigenvalue weighted by Gasteiger charge is 2.17. The second kappa shape index (κ2) is 4.88. The van der Waals surface area contributed by atoms with E-state index >= 15 is 0 Å². The molecule has 0 aliphatic rings. The van der Waals surface area contributed by atoms with Crippen LogP contribution in [0, 0.1) is 0 Å². The molecule has 0 fully saturated rings. The first kappa shape index (κ1) is 13.9. The molecule has 0 unspecified atom stereocenters. The van der Waals surface area contributed by atoms with Gasteiger partial charge in [-0.05, 0) is 41.3 Å². The molecular weight excluding hydrogens is 284 g/mol. The summed E-state index contributed by atoms with van der Waals surface area (Å²) in [7, 11) is 0. The number of hydrogen-bond donors (Lipinski definition) is 0. The summed E-state index contributed by atoms with van der Waals surface area (Å²) in [5.41, 5.74) is 5.18. The van der Waals surface area contributed by atoms with Crippen molar-refractivity contribution in [3.8, 4) is 5.82 Å². The molecule has 0 saturated carbocycles. The van der Waals surface area contributed by atoms with Gasteiger partial charge in [0, 0.05) is 18.6 Å². The Hall–Kier alpha value is -2.75. The third kappa shape index (κ3) is 2.18. The van der Waals surface area contributed by atoms with E-state index in [1.165, 1.54) is 5.56 Å². The fourth-order valence-corrected chi connectivity index (χ4v) is 2.86. The highest BCUT2D eigenvalue weighted by Crippen LogP contribution is 2.29. The van der Waals surface area contributed by atoms with Gasteiger partial charge in [-0.1, -0.05) is 26.8 Å². The Bertz CT molecular complexity index is 938. The summed E-state index contributed by atoms with van der Waals surface area (Å²) < 4.78 is 2.12. The van der Waals surface area contributed by atoms with Crippen LogP contribution < -0.4 is 0 Å². The number of fused-ring (bicyclic) bond motifs is 3. The second-order valence-electron chi connectivity index (χ2n) is 6.73. The van der Waals surface area contributed by atoms with Gasteiger partial charge in [-0.3, -0.25) is 14.5 Å². The summed E-state index contributed by atoms with van der Waals surface area (Å²) in [4.78, 5) is 13.7. The van der Waals surface area contributed by atoms with Crippen molar-refractivity contribution >= 4 is 22.1 Å². The summed E-state index contributed by atoms with van der Waals surface area (Å²) in [6, 6.07) is 12.2. The molecule has 0 saturated heterocycles. The Balaban J connectivity index is 2.01. The zero-order chi connectivity index (χ0) is 16.0. The van der Waals surface area contributed by atoms with Gasteiger partial charge in [0.2, 0.25) is 0 Å². The molecule has 4 heterocycles. The Morgan fingerprint density at radius 3 is 1.87 bits per heavy atom. The first-order chi connectivity index (χ1) is 11.1. The lowest BCUT2D eigenvalue weighted by molar-refractivity contribution is 0.587. The van der Waals surface area contributed by atoms with Gasteiger partial charge in [0.05, 0.1) is 11.0 Å². The van der Waals surface area contributed by atoms with Crippen LogP contribution in [-0.4, -0.2) is 19.5 Å². The number of pyridine rings is 3. The molecule has 0 bridgehead atoms. The summed E-state index contributed by atoms with van der Waals surface area (Å²) >= 11 is 0. The van der Waals surface area contributed by atoms with Gasteiger partial charge in [0.1, 0.15) is 16.9 Å². The van der Waals surface area contributed by atoms with Crippen LogP contribution in [0.1, 0.15) is 26.3 Å². The maximum atomic E-state index is 4.70. The topological polar surface area (TPSA) is 43.6 Å². The zero-order valence-corrected chi connectivity index (χ0v) is 13.5. The van der Waals surface area contributed by atoms with E-state index in [4.69, 9.17) is 4.98 Å². The highest BCUT2D eigenvalue weighted by atomic mass is 15.1. The third-order valence-electron chi connectivity index (χ3n) is 4.12. The Labute approximate surface area is 134 Å². The number of nitrogens with zero attached hydrogens (tertiary/aromatic N) is 4. The van der Waals surface area contributed by atoms with Crippen molar-refractivity contribution in [2.75, 3.05) is 0 Å². The van der Waals surface area contributed by atoms with Crippen molar-refractivity contribution in [3.05, 3.63) is 60.6 Å². The lowest BCUT2D eigenvalue weighted by Gasteiger charge is -2.18. The zero-order valence-electron chi connectivity index (χ0n) is 13.5. The van der Waals surface area contributed by atoms with Crippen LogP contribution in [0.3, 0.4) is 0 Å². The maximum absolute atomic E-state index is 4.70. The molecule has 4 rings (SSSR count). The first-order valence-electron chi connectivity index (χ1n) is 7.73. The Morgan fingerprint density at radius 2 is 1.39 bits per heavy atom. The highest BCUT2D eigenvalue weighted by molar-refractivity contribution is 6.04. The molecule has 0 atom stereocenters. The van der Waals surface area contributed by atoms with Crippen LogP contribution in [0.5, 0.6) is 0 Å². The van der Waals surface area contributed by atoms with Crippen molar-refractivity contribution in [3.63, 3.8) is 0 Å². The van der Waals surface area contributed by atoms with Crippen molar-refractivity contribution in [1.29, 1.82) is 0 Å². The van der Waals surface area contributed by atoms with Crippen LogP contribution in [0.2, 0.25) is 0 Å². The molecule has 0 aliphatic carbocycles. The van der Waals surface area contributed by atoms with E-state index in [1.54, 1.807) is 12.4 Å². The summed E-state index contributed by atoms with van der Waals surface area (Å²) in [5, 5.41) is 0. The van der Waals surface area contributed by atoms with Gasteiger partial charge in [-0.25, -0.2) is 4.98 Å². The van der Waals surface area contributed by atoms with E-state index < -0.39 is 0 Å². The summed E-state index contributed by atoms with van der Waals surface area (Å²) in [6.07, 6.45) is 5.56. The van der Waals surface area contributed by atoms with Crippen molar-refractivity contribution in [1.82, 2.24) is 19.5 Å². The lowest BCUT2D eigenvalue weighted by atomic mass is 9.88. The maximum Gasteiger partial charge on any atom is 0.137 e. The minimum Gasteiger partial charge on any atom is -0.290 e. The number of hydrogen-bond acceptors (Lipinski definition) is 3. The van der Waals surface area contributed by atoms with Crippen molar-refractivity contribution in [2.45, 2.75) is 26.2 Å². The van der Waals surface area contributed by atoms with E-state index in [0.717, 1.165) is 27.9 Å². The van der Waals surface area contributed by atoms with Gasteiger partial charge in [0.25, 0.3) is 0 Å². The van der Waals surface area contributed by atoms with Crippen LogP contribution in [0.25, 0.3) is 27.9 Å². The SMILES string of the molecule is CC(C)(C)c1ccc(-n2c3cccnc3c3ncccc32)nc1. The monoisotopic (exact) mass is 302 g/mol. The fraction of sp³-hybridized carbons (Fsp3) is 0.211. The average molecular weight is 302 g/mol. The Kier molecular flexibility index (Phi) is 2.94. The molecule has 4 aromatic rings. The normalized spacial score (nSPS) is 12.1. The predicted octanol–water partition coefficient (Wildman–Crippen LogP) is 4.27. The molecule has 0 aromatic carbocycles. The standard InChI is InChI=1S/C19H18N4/c1-19(2,3)13-8-9-16(22-12-13)23-14-6-4-10-20-17(14)18-15(23)7-5-11-21-18/h4-12H,1-3H3. The van der Waals surface area contributed by atoms with Gasteiger partial charge in [-0.2, -0.15) is 0 Å². The van der Waals surface area contributed by atoms with E-state index in [2.05, 4.69) is 59.6 Å². The van der Waals surface area contributed by atoms with Crippen LogP contribution in [-0.2, 0) is 5.41 Å². The molecule has 114 valence electrons. The summed E-state index contributed by atoms with van der Waals surface area (Å²) in [6.45, 7) is 6.58. The van der Waals surface area contributed by atoms with Crippen molar-refractivity contribution in [2.24, 2.45) is 0 Å². The fourth-order valence-electron chi connectivity index (χ4n) is 2.86. The smallest absolute Gasteiger partial charge is 0.137 e. The van der Waals surface area contributed by atoms with E-state index in [1.807, 2.05) is 18.3 Å². The van der Waals surface area contributed by atoms with Gasteiger partial charge in [-0.15, -0.1) is 0 Å². The minimum absolute atomic E-state index is 0.0927. The minimum atomic E-state index is 0.0927. The molecule has 4 nitrogen and oxygen atoms in total. The van der Waals surface area contributed by atoms with E-state index in [-0.39, 0.29) is 5.41 Å². The van der Waals surface area contributed by atoms with Crippen LogP contribution in [0.15, 0.2) is 55.0 Å². The molecule has 4 heteroatoms. The predicted molar refractivity (Wildman–Crippen MR) is 92.9 cm³/mol.